The lowest BCUT2D eigenvalue weighted by Crippen LogP contribution is -2.72. The minimum absolute atomic E-state index is 0.0165. The van der Waals surface area contributed by atoms with Gasteiger partial charge in [0.05, 0.1) is 4.88 Å². The van der Waals surface area contributed by atoms with E-state index in [1.54, 1.807) is 24.3 Å². The number of nitrogens with one attached hydrogen (secondary N) is 2. The zero-order chi connectivity index (χ0) is 24.0. The average molecular weight is 478 g/mol. The molecule has 0 unspecified atom stereocenters. The van der Waals surface area contributed by atoms with E-state index in [0.717, 1.165) is 11.3 Å². The van der Waals surface area contributed by atoms with Gasteiger partial charge in [-0.3, -0.25) is 9.59 Å². The van der Waals surface area contributed by atoms with Gasteiger partial charge in [0, 0.05) is 11.1 Å². The summed E-state index contributed by atoms with van der Waals surface area (Å²) in [5, 5.41) is 15.8. The van der Waals surface area contributed by atoms with Crippen LogP contribution in [0.2, 0.25) is 0 Å². The topological polar surface area (TPSA) is 109 Å². The Bertz CT molecular complexity index is 1200. The Kier molecular flexibility index (Phi) is 5.62. The average Bonchev–Trinajstić information content (AvgIpc) is 3.44. The van der Waals surface area contributed by atoms with Crippen molar-refractivity contribution in [1.29, 1.82) is 0 Å². The molecule has 0 saturated carbocycles. The van der Waals surface area contributed by atoms with Gasteiger partial charge in [-0.2, -0.15) is 13.2 Å². The standard InChI is InChI=1S/C22H17F3N2O5S/c1-11(28)12-4-6-13(7-5-12)14-8-9-15(32-14)18-17(19(29)16-3-2-10-33-16)21(31,22(23,24)25)27-20(30)26-18/h2-10,17-18,31H,1H3,(H2,26,27,30)/t17-,18-,21+/m0/s1. The van der Waals surface area contributed by atoms with Crippen LogP contribution in [0.4, 0.5) is 18.0 Å². The summed E-state index contributed by atoms with van der Waals surface area (Å²) in [6.07, 6.45) is -5.35. The van der Waals surface area contributed by atoms with Crippen molar-refractivity contribution in [1.82, 2.24) is 10.6 Å². The van der Waals surface area contributed by atoms with Gasteiger partial charge in [-0.25, -0.2) is 4.79 Å². The number of aliphatic hydroxyl groups is 1. The van der Waals surface area contributed by atoms with Crippen molar-refractivity contribution >= 4 is 28.9 Å². The zero-order valence-corrected chi connectivity index (χ0v) is 17.8. The van der Waals surface area contributed by atoms with Gasteiger partial charge in [-0.05, 0) is 30.5 Å². The molecule has 1 fully saturated rings. The first-order valence-corrected chi connectivity index (χ1v) is 10.6. The normalized spacial score (nSPS) is 23.0. The number of halogens is 3. The van der Waals surface area contributed by atoms with Crippen molar-refractivity contribution < 1.29 is 37.1 Å². The van der Waals surface area contributed by atoms with E-state index in [4.69, 9.17) is 4.42 Å². The number of urea groups is 1. The maximum atomic E-state index is 13.9. The van der Waals surface area contributed by atoms with Crippen LogP contribution >= 0.6 is 11.3 Å². The van der Waals surface area contributed by atoms with Crippen molar-refractivity contribution in [3.05, 3.63) is 70.1 Å². The predicted molar refractivity (Wildman–Crippen MR) is 112 cm³/mol. The number of carbonyl (C=O) groups excluding carboxylic acids is 3. The SMILES string of the molecule is CC(=O)c1ccc(-c2ccc([C@@H]3NC(=O)N[C@](O)(C(F)(F)F)[C@@H]3C(=O)c3cccs3)o2)cc1. The summed E-state index contributed by atoms with van der Waals surface area (Å²) in [5.41, 5.74) is -2.83. The molecular weight excluding hydrogens is 461 g/mol. The Morgan fingerprint density at radius 1 is 1.12 bits per heavy atom. The number of rotatable bonds is 5. The molecular formula is C22H17F3N2O5S. The van der Waals surface area contributed by atoms with Gasteiger partial charge in [-0.15, -0.1) is 11.3 Å². The fraction of sp³-hybridized carbons (Fsp3) is 0.227. The summed E-state index contributed by atoms with van der Waals surface area (Å²) in [5.74, 6) is -3.21. The Morgan fingerprint density at radius 3 is 2.39 bits per heavy atom. The summed E-state index contributed by atoms with van der Waals surface area (Å²) in [6, 6.07) is 9.04. The van der Waals surface area contributed by atoms with E-state index >= 15 is 0 Å². The van der Waals surface area contributed by atoms with Crippen LogP contribution in [-0.4, -0.2) is 34.6 Å². The minimum atomic E-state index is -5.35. The van der Waals surface area contributed by atoms with Gasteiger partial charge < -0.3 is 20.2 Å². The second-order valence-electron chi connectivity index (χ2n) is 7.50. The van der Waals surface area contributed by atoms with Crippen LogP contribution < -0.4 is 10.6 Å². The Labute approximate surface area is 189 Å². The number of carbonyl (C=O) groups is 3. The molecule has 1 aliphatic heterocycles. The third-order valence-electron chi connectivity index (χ3n) is 5.36. The smallest absolute Gasteiger partial charge is 0.437 e. The summed E-state index contributed by atoms with van der Waals surface area (Å²) < 4.78 is 47.4. The molecule has 0 radical (unpaired) electrons. The van der Waals surface area contributed by atoms with E-state index in [1.165, 1.54) is 41.9 Å². The van der Waals surface area contributed by atoms with Crippen LogP contribution in [0, 0.1) is 5.92 Å². The second-order valence-corrected chi connectivity index (χ2v) is 8.44. The largest absolute Gasteiger partial charge is 0.459 e. The molecule has 33 heavy (non-hydrogen) atoms. The number of amides is 2. The predicted octanol–water partition coefficient (Wildman–Crippen LogP) is 4.31. The third kappa shape index (κ3) is 4.05. The summed E-state index contributed by atoms with van der Waals surface area (Å²) in [7, 11) is 0. The molecule has 4 rings (SSSR count). The van der Waals surface area contributed by atoms with Crippen molar-refractivity contribution in [2.24, 2.45) is 5.92 Å². The van der Waals surface area contributed by atoms with E-state index < -0.39 is 35.7 Å². The number of ketones is 2. The lowest BCUT2D eigenvalue weighted by Gasteiger charge is -2.44. The van der Waals surface area contributed by atoms with Crippen LogP contribution in [0.15, 0.2) is 58.3 Å². The Balaban J connectivity index is 1.76. The first-order chi connectivity index (χ1) is 15.5. The van der Waals surface area contributed by atoms with Gasteiger partial charge in [-0.1, -0.05) is 30.3 Å². The zero-order valence-electron chi connectivity index (χ0n) is 17.0. The molecule has 7 nitrogen and oxygen atoms in total. The van der Waals surface area contributed by atoms with Crippen molar-refractivity contribution in [2.45, 2.75) is 24.9 Å². The maximum absolute atomic E-state index is 13.9. The lowest BCUT2D eigenvalue weighted by molar-refractivity contribution is -0.287. The van der Waals surface area contributed by atoms with Gasteiger partial charge in [0.2, 0.25) is 5.72 Å². The number of benzene rings is 1. The fourth-order valence-electron chi connectivity index (χ4n) is 3.69. The molecule has 2 amide bonds. The molecule has 0 bridgehead atoms. The van der Waals surface area contributed by atoms with Crippen LogP contribution in [0.1, 0.15) is 38.8 Å². The summed E-state index contributed by atoms with van der Waals surface area (Å²) in [6.45, 7) is 1.41. The quantitative estimate of drug-likeness (QED) is 0.474. The highest BCUT2D eigenvalue weighted by Gasteiger charge is 2.67. The molecule has 172 valence electrons. The molecule has 1 aliphatic rings. The summed E-state index contributed by atoms with van der Waals surface area (Å²) in [4.78, 5) is 36.6. The number of furan rings is 1. The van der Waals surface area contributed by atoms with Crippen LogP contribution in [-0.2, 0) is 0 Å². The Hall–Kier alpha value is -3.44. The first kappa shape index (κ1) is 22.7. The van der Waals surface area contributed by atoms with Gasteiger partial charge >= 0.3 is 12.2 Å². The van der Waals surface area contributed by atoms with E-state index in [1.807, 2.05) is 0 Å². The molecule has 3 atom stereocenters. The van der Waals surface area contributed by atoms with Gasteiger partial charge in [0.1, 0.15) is 23.5 Å². The third-order valence-corrected chi connectivity index (χ3v) is 6.25. The van der Waals surface area contributed by atoms with Gasteiger partial charge in [0.15, 0.2) is 11.6 Å². The molecule has 0 aliphatic carbocycles. The van der Waals surface area contributed by atoms with Crippen molar-refractivity contribution in [3.63, 3.8) is 0 Å². The van der Waals surface area contributed by atoms with Crippen LogP contribution in [0.5, 0.6) is 0 Å². The van der Waals surface area contributed by atoms with Crippen LogP contribution in [0.25, 0.3) is 11.3 Å². The van der Waals surface area contributed by atoms with Crippen molar-refractivity contribution in [3.8, 4) is 11.3 Å². The molecule has 1 saturated heterocycles. The van der Waals surface area contributed by atoms with Gasteiger partial charge in [0.25, 0.3) is 0 Å². The van der Waals surface area contributed by atoms with E-state index in [2.05, 4.69) is 5.32 Å². The number of Topliss-reactive ketones (excluding diaryl/α,β-unsaturated/α-hetero) is 2. The molecule has 3 aromatic rings. The number of thiophene rings is 1. The number of hydrogen-bond acceptors (Lipinski definition) is 6. The monoisotopic (exact) mass is 478 g/mol. The second kappa shape index (κ2) is 8.16. The molecule has 1 aromatic carbocycles. The minimum Gasteiger partial charge on any atom is -0.459 e. The van der Waals surface area contributed by atoms with Crippen LogP contribution in [0.3, 0.4) is 0 Å². The maximum Gasteiger partial charge on any atom is 0.437 e. The van der Waals surface area contributed by atoms with Crippen molar-refractivity contribution in [2.75, 3.05) is 0 Å². The van der Waals surface area contributed by atoms with E-state index in [9.17, 15) is 32.7 Å². The first-order valence-electron chi connectivity index (χ1n) is 9.68. The summed E-state index contributed by atoms with van der Waals surface area (Å²) >= 11 is 0.913. The molecule has 3 heterocycles. The molecule has 0 spiro atoms. The molecule has 3 N–H and O–H groups in total. The van der Waals surface area contributed by atoms with E-state index in [-0.39, 0.29) is 22.2 Å². The lowest BCUT2D eigenvalue weighted by atomic mass is 9.80. The van der Waals surface area contributed by atoms with E-state index in [0.29, 0.717) is 11.1 Å². The number of alkyl halides is 3. The fourth-order valence-corrected chi connectivity index (χ4v) is 4.40. The Morgan fingerprint density at radius 2 is 1.82 bits per heavy atom. The highest BCUT2D eigenvalue weighted by Crippen LogP contribution is 2.45. The number of hydrogen-bond donors (Lipinski definition) is 3. The molecule has 11 heteroatoms. The highest BCUT2D eigenvalue weighted by molar-refractivity contribution is 7.12. The molecule has 2 aromatic heterocycles. The highest BCUT2D eigenvalue weighted by atomic mass is 32.1.